The Balaban J connectivity index is 2.20. The number of hydrogen-bond acceptors (Lipinski definition) is 6. The van der Waals surface area contributed by atoms with Gasteiger partial charge in [0.1, 0.15) is 7.11 Å². The number of pyridine rings is 1. The van der Waals surface area contributed by atoms with Crippen LogP contribution in [0.5, 0.6) is 0 Å². The molecule has 0 aliphatic rings. The van der Waals surface area contributed by atoms with Crippen molar-refractivity contribution in [3.05, 3.63) is 42.0 Å². The van der Waals surface area contributed by atoms with E-state index in [4.69, 9.17) is 4.84 Å². The van der Waals surface area contributed by atoms with Crippen LogP contribution >= 0.6 is 11.8 Å². The molecule has 2 rings (SSSR count). The fourth-order valence-electron chi connectivity index (χ4n) is 1.84. The Morgan fingerprint density at radius 3 is 3.00 bits per heavy atom. The highest BCUT2D eigenvalue weighted by atomic mass is 32.2. The lowest BCUT2D eigenvalue weighted by molar-refractivity contribution is 0.0973. The Bertz CT molecular complexity index is 669. The van der Waals surface area contributed by atoms with E-state index in [2.05, 4.69) is 20.6 Å². The number of nitrogens with one attached hydrogen (secondary N) is 1. The molecule has 0 atom stereocenters. The zero-order chi connectivity index (χ0) is 15.9. The van der Waals surface area contributed by atoms with Crippen LogP contribution in [0.25, 0.3) is 5.69 Å². The number of amidine groups is 1. The Morgan fingerprint density at radius 2 is 2.36 bits per heavy atom. The summed E-state index contributed by atoms with van der Waals surface area (Å²) >= 11 is 1.54. The first-order valence-corrected chi connectivity index (χ1v) is 7.92. The highest BCUT2D eigenvalue weighted by molar-refractivity contribution is 7.99. The first kappa shape index (κ1) is 16.0. The van der Waals surface area contributed by atoms with Crippen LogP contribution in [0.15, 0.2) is 35.9 Å². The predicted octanol–water partition coefficient (Wildman–Crippen LogP) is 1.63. The number of oxime groups is 1. The molecular weight excluding hydrogens is 302 g/mol. The van der Waals surface area contributed by atoms with E-state index < -0.39 is 0 Å². The van der Waals surface area contributed by atoms with E-state index in [1.807, 2.05) is 18.4 Å². The standard InChI is InChI=1S/C14H17N5O2S/c1-10-12(14(20)16-13(9-22-3)18-21-2)8-19(17-10)11-5-4-6-15-7-11/h4-8H,9H2,1-3H3,(H,16,18,20). The summed E-state index contributed by atoms with van der Waals surface area (Å²) in [6, 6.07) is 3.68. The van der Waals surface area contributed by atoms with Crippen LogP contribution in [-0.2, 0) is 4.84 Å². The molecule has 0 aromatic carbocycles. The van der Waals surface area contributed by atoms with E-state index in [0.717, 1.165) is 5.69 Å². The highest BCUT2D eigenvalue weighted by Crippen LogP contribution is 2.11. The molecule has 0 aliphatic carbocycles. The summed E-state index contributed by atoms with van der Waals surface area (Å²) in [5.74, 6) is 0.751. The number of rotatable bonds is 5. The number of amides is 1. The third-order valence-electron chi connectivity index (χ3n) is 2.79. The van der Waals surface area contributed by atoms with Crippen molar-refractivity contribution >= 4 is 23.5 Å². The molecule has 0 saturated heterocycles. The number of thioether (sulfide) groups is 1. The minimum Gasteiger partial charge on any atom is -0.398 e. The van der Waals surface area contributed by atoms with Crippen molar-refractivity contribution in [2.75, 3.05) is 19.1 Å². The van der Waals surface area contributed by atoms with Crippen molar-refractivity contribution in [2.45, 2.75) is 6.92 Å². The summed E-state index contributed by atoms with van der Waals surface area (Å²) in [6.07, 6.45) is 6.96. The van der Waals surface area contributed by atoms with E-state index in [1.54, 1.807) is 30.2 Å². The van der Waals surface area contributed by atoms with Gasteiger partial charge in [-0.2, -0.15) is 16.9 Å². The topological polar surface area (TPSA) is 81.4 Å². The molecule has 1 amide bonds. The predicted molar refractivity (Wildman–Crippen MR) is 86.4 cm³/mol. The van der Waals surface area contributed by atoms with Crippen LogP contribution in [-0.4, -0.2) is 45.6 Å². The van der Waals surface area contributed by atoms with Gasteiger partial charge in [0.15, 0.2) is 5.84 Å². The minimum absolute atomic E-state index is 0.266. The van der Waals surface area contributed by atoms with Crippen LogP contribution < -0.4 is 5.32 Å². The molecule has 0 bridgehead atoms. The lowest BCUT2D eigenvalue weighted by Gasteiger charge is -2.05. The fraction of sp³-hybridized carbons (Fsp3) is 0.286. The number of carbonyl (C=O) groups excluding carboxylic acids is 1. The van der Waals surface area contributed by atoms with Gasteiger partial charge in [0.2, 0.25) is 0 Å². The Labute approximate surface area is 132 Å². The third-order valence-corrected chi connectivity index (χ3v) is 3.36. The van der Waals surface area contributed by atoms with Crippen molar-refractivity contribution in [3.63, 3.8) is 0 Å². The average molecular weight is 319 g/mol. The van der Waals surface area contributed by atoms with E-state index in [-0.39, 0.29) is 5.91 Å². The second kappa shape index (κ2) is 7.60. The lowest BCUT2D eigenvalue weighted by atomic mass is 10.2. The molecule has 2 aromatic heterocycles. The number of carbonyl (C=O) groups is 1. The van der Waals surface area contributed by atoms with Gasteiger partial charge in [-0.05, 0) is 25.3 Å². The van der Waals surface area contributed by atoms with Crippen LogP contribution in [0.4, 0.5) is 0 Å². The maximum absolute atomic E-state index is 12.3. The van der Waals surface area contributed by atoms with Crippen LogP contribution in [0, 0.1) is 6.92 Å². The van der Waals surface area contributed by atoms with E-state index in [1.165, 1.54) is 18.9 Å². The first-order chi connectivity index (χ1) is 10.7. The zero-order valence-corrected chi connectivity index (χ0v) is 13.4. The summed E-state index contributed by atoms with van der Waals surface area (Å²) in [5, 5.41) is 10.9. The Morgan fingerprint density at radius 1 is 1.55 bits per heavy atom. The van der Waals surface area contributed by atoms with Gasteiger partial charge in [-0.3, -0.25) is 9.78 Å². The Kier molecular flexibility index (Phi) is 5.54. The number of nitrogens with zero attached hydrogens (tertiary/aromatic N) is 4. The SMILES string of the molecule is CON=C(CSC)NC(=O)c1cn(-c2cccnc2)nc1C. The first-order valence-electron chi connectivity index (χ1n) is 6.52. The quantitative estimate of drug-likeness (QED) is 0.514. The average Bonchev–Trinajstić information content (AvgIpc) is 2.91. The van der Waals surface area contributed by atoms with Crippen molar-refractivity contribution in [3.8, 4) is 5.69 Å². The maximum Gasteiger partial charge on any atom is 0.260 e. The second-order valence-corrected chi connectivity index (χ2v) is 5.26. The summed E-state index contributed by atoms with van der Waals surface area (Å²) in [7, 11) is 1.44. The van der Waals surface area contributed by atoms with Gasteiger partial charge in [0, 0.05) is 12.4 Å². The summed E-state index contributed by atoms with van der Waals surface area (Å²) in [4.78, 5) is 21.1. The monoisotopic (exact) mass is 319 g/mol. The zero-order valence-electron chi connectivity index (χ0n) is 12.6. The van der Waals surface area contributed by atoms with Gasteiger partial charge in [-0.15, -0.1) is 0 Å². The van der Waals surface area contributed by atoms with Gasteiger partial charge in [0.25, 0.3) is 5.91 Å². The largest absolute Gasteiger partial charge is 0.398 e. The minimum atomic E-state index is -0.266. The van der Waals surface area contributed by atoms with Crippen molar-refractivity contribution in [2.24, 2.45) is 5.16 Å². The summed E-state index contributed by atoms with van der Waals surface area (Å²) < 4.78 is 1.62. The number of hydrogen-bond donors (Lipinski definition) is 1. The van der Waals surface area contributed by atoms with Gasteiger partial charge in [-0.1, -0.05) is 5.16 Å². The Hall–Kier alpha value is -2.35. The normalized spacial score (nSPS) is 11.3. The van der Waals surface area contributed by atoms with Crippen LogP contribution in [0.3, 0.4) is 0 Å². The number of aromatic nitrogens is 3. The molecule has 0 spiro atoms. The van der Waals surface area contributed by atoms with Gasteiger partial charge < -0.3 is 10.2 Å². The van der Waals surface area contributed by atoms with Gasteiger partial charge >= 0.3 is 0 Å². The van der Waals surface area contributed by atoms with Gasteiger partial charge in [-0.25, -0.2) is 4.68 Å². The summed E-state index contributed by atoms with van der Waals surface area (Å²) in [5.41, 5.74) is 1.90. The molecule has 0 fully saturated rings. The molecule has 0 saturated carbocycles. The molecule has 2 heterocycles. The molecule has 0 unspecified atom stereocenters. The second-order valence-electron chi connectivity index (χ2n) is 4.39. The molecule has 1 N–H and O–H groups in total. The maximum atomic E-state index is 12.3. The summed E-state index contributed by atoms with van der Waals surface area (Å²) in [6.45, 7) is 1.78. The number of aryl methyl sites for hydroxylation is 1. The molecule has 7 nitrogen and oxygen atoms in total. The third kappa shape index (κ3) is 3.85. The highest BCUT2D eigenvalue weighted by Gasteiger charge is 2.16. The van der Waals surface area contributed by atoms with E-state index >= 15 is 0 Å². The van der Waals surface area contributed by atoms with Crippen molar-refractivity contribution in [1.82, 2.24) is 20.1 Å². The fourth-order valence-corrected chi connectivity index (χ4v) is 2.23. The van der Waals surface area contributed by atoms with Gasteiger partial charge in [0.05, 0.1) is 28.9 Å². The van der Waals surface area contributed by atoms with Crippen molar-refractivity contribution in [1.29, 1.82) is 0 Å². The smallest absolute Gasteiger partial charge is 0.260 e. The molecule has 8 heteroatoms. The van der Waals surface area contributed by atoms with E-state index in [0.29, 0.717) is 22.8 Å². The van der Waals surface area contributed by atoms with Crippen LogP contribution in [0.2, 0.25) is 0 Å². The lowest BCUT2D eigenvalue weighted by Crippen LogP contribution is -2.32. The van der Waals surface area contributed by atoms with E-state index in [9.17, 15) is 4.79 Å². The molecule has 116 valence electrons. The molecule has 2 aromatic rings. The molecular formula is C14H17N5O2S. The van der Waals surface area contributed by atoms with Crippen LogP contribution in [0.1, 0.15) is 16.1 Å². The molecule has 0 aliphatic heterocycles. The van der Waals surface area contributed by atoms with Crippen molar-refractivity contribution < 1.29 is 9.63 Å². The molecule has 22 heavy (non-hydrogen) atoms. The molecule has 0 radical (unpaired) electrons.